The fraction of sp³-hybridized carbons (Fsp3) is 0.679. The van der Waals surface area contributed by atoms with Crippen LogP contribution in [0.3, 0.4) is 0 Å². The smallest absolute Gasteiger partial charge is 0.325 e. The summed E-state index contributed by atoms with van der Waals surface area (Å²) in [4.78, 5) is 109. The molecule has 0 fully saturated rings. The normalized spacial score (nSPS) is 14.6. The fourth-order valence-corrected chi connectivity index (χ4v) is 4.37. The molecule has 6 atom stereocenters. The van der Waals surface area contributed by atoms with Crippen LogP contribution >= 0.6 is 11.8 Å². The molecule has 0 aliphatic heterocycles. The van der Waals surface area contributed by atoms with Gasteiger partial charge in [0.2, 0.25) is 35.4 Å². The van der Waals surface area contributed by atoms with Crippen molar-refractivity contribution in [3.05, 3.63) is 0 Å². The summed E-state index contributed by atoms with van der Waals surface area (Å²) in [5.74, 6) is -8.64. The van der Waals surface area contributed by atoms with Crippen LogP contribution < -0.4 is 37.6 Å². The maximum Gasteiger partial charge on any atom is 0.325 e. The van der Waals surface area contributed by atoms with Crippen LogP contribution in [-0.2, 0) is 43.2 Å². The number of carbonyl (C=O) groups excluding carboxylic acids is 6. The Hall–Kier alpha value is -4.46. The minimum atomic E-state index is -1.43. The number of nitrogens with two attached hydrogens (primary N) is 1. The zero-order valence-electron chi connectivity index (χ0n) is 27.5. The molecule has 0 aliphatic rings. The van der Waals surface area contributed by atoms with Crippen molar-refractivity contribution in [1.82, 2.24) is 31.9 Å². The molecule has 0 aromatic heterocycles. The molecule has 0 radical (unpaired) electrons. The van der Waals surface area contributed by atoms with Gasteiger partial charge in [0, 0.05) is 6.42 Å². The van der Waals surface area contributed by atoms with E-state index in [0.717, 1.165) is 0 Å². The van der Waals surface area contributed by atoms with E-state index in [9.17, 15) is 43.2 Å². The number of hydrogen-bond donors (Lipinski definition) is 10. The van der Waals surface area contributed by atoms with Crippen molar-refractivity contribution in [2.75, 3.05) is 18.6 Å². The maximum atomic E-state index is 13.2. The van der Waals surface area contributed by atoms with Crippen LogP contribution in [0.2, 0.25) is 0 Å². The first-order valence-corrected chi connectivity index (χ1v) is 16.4. The van der Waals surface area contributed by atoms with Crippen molar-refractivity contribution in [2.24, 2.45) is 11.7 Å². The fourth-order valence-electron chi connectivity index (χ4n) is 3.90. The first kappa shape index (κ1) is 43.5. The van der Waals surface area contributed by atoms with E-state index in [2.05, 4.69) is 31.9 Å². The van der Waals surface area contributed by atoms with Crippen molar-refractivity contribution < 1.29 is 58.5 Å². The summed E-state index contributed by atoms with van der Waals surface area (Å²) < 4.78 is 0. The van der Waals surface area contributed by atoms with Gasteiger partial charge in [-0.1, -0.05) is 13.8 Å². The van der Waals surface area contributed by atoms with Crippen molar-refractivity contribution in [2.45, 2.75) is 96.1 Å². The van der Waals surface area contributed by atoms with Crippen LogP contribution in [0.4, 0.5) is 0 Å². The molecule has 0 spiro atoms. The van der Waals surface area contributed by atoms with Gasteiger partial charge in [-0.25, -0.2) is 0 Å². The first-order chi connectivity index (χ1) is 22.3. The molecule has 0 rings (SSSR count). The molecule has 0 bridgehead atoms. The predicted molar refractivity (Wildman–Crippen MR) is 171 cm³/mol. The number of carbonyl (C=O) groups is 9. The summed E-state index contributed by atoms with van der Waals surface area (Å²) in [7, 11) is 0. The molecule has 0 unspecified atom stereocenters. The average molecular weight is 706 g/mol. The van der Waals surface area contributed by atoms with Crippen molar-refractivity contribution in [1.29, 1.82) is 0 Å². The van der Waals surface area contributed by atoms with Crippen molar-refractivity contribution >= 4 is 65.1 Å². The van der Waals surface area contributed by atoms with E-state index in [1.807, 2.05) is 0 Å². The summed E-state index contributed by atoms with van der Waals surface area (Å²) in [5, 5.41) is 41.0. The second kappa shape index (κ2) is 22.2. The monoisotopic (exact) mass is 705 g/mol. The topological polar surface area (TPSA) is 313 Å². The highest BCUT2D eigenvalue weighted by Gasteiger charge is 2.31. The minimum absolute atomic E-state index is 0.0758. The molecule has 0 heterocycles. The number of rotatable bonds is 23. The zero-order chi connectivity index (χ0) is 37.1. The lowest BCUT2D eigenvalue weighted by atomic mass is 10.0. The Kier molecular flexibility index (Phi) is 20.1. The Morgan fingerprint density at radius 2 is 1.19 bits per heavy atom. The van der Waals surface area contributed by atoms with E-state index in [0.29, 0.717) is 5.75 Å². The molecule has 272 valence electrons. The molecule has 11 N–H and O–H groups in total. The Morgan fingerprint density at radius 3 is 1.71 bits per heavy atom. The molecular formula is C28H47N7O12S. The SMILES string of the molecule is CSCC[C@H](NC(=O)[C@@H](N)CC(=O)O)C(=O)NCC(=O)N[C@@H](C)C(=O)N[C@@H](CC(C)C)C(=O)N[C@@H](CCC(=O)O)C(=O)N[C@@H](C)C(=O)O. The van der Waals surface area contributed by atoms with E-state index in [4.69, 9.17) is 21.1 Å². The van der Waals surface area contributed by atoms with Gasteiger partial charge in [0.05, 0.1) is 19.0 Å². The van der Waals surface area contributed by atoms with Crippen molar-refractivity contribution in [3.8, 4) is 0 Å². The number of amides is 6. The van der Waals surface area contributed by atoms with Gasteiger partial charge in [-0.15, -0.1) is 0 Å². The van der Waals surface area contributed by atoms with Crippen LogP contribution in [0.5, 0.6) is 0 Å². The maximum absolute atomic E-state index is 13.2. The van der Waals surface area contributed by atoms with Crippen LogP contribution in [0.15, 0.2) is 0 Å². The summed E-state index contributed by atoms with van der Waals surface area (Å²) in [6.45, 7) is 5.38. The van der Waals surface area contributed by atoms with Crippen LogP contribution in [0, 0.1) is 5.92 Å². The van der Waals surface area contributed by atoms with Gasteiger partial charge in [-0.2, -0.15) is 11.8 Å². The minimum Gasteiger partial charge on any atom is -0.481 e. The van der Waals surface area contributed by atoms with Gasteiger partial charge in [-0.05, 0) is 51.0 Å². The molecule has 0 saturated heterocycles. The molecule has 0 saturated carbocycles. The number of hydrogen-bond acceptors (Lipinski definition) is 11. The van der Waals surface area contributed by atoms with Gasteiger partial charge in [0.25, 0.3) is 0 Å². The summed E-state index contributed by atoms with van der Waals surface area (Å²) >= 11 is 1.38. The van der Waals surface area contributed by atoms with Crippen molar-refractivity contribution in [3.63, 3.8) is 0 Å². The zero-order valence-corrected chi connectivity index (χ0v) is 28.3. The molecule has 6 amide bonds. The number of carboxylic acids is 3. The summed E-state index contributed by atoms with van der Waals surface area (Å²) in [6.07, 6.45) is 0.444. The van der Waals surface area contributed by atoms with Gasteiger partial charge in [0.15, 0.2) is 0 Å². The largest absolute Gasteiger partial charge is 0.481 e. The van der Waals surface area contributed by atoms with Crippen LogP contribution in [0.25, 0.3) is 0 Å². The molecule has 48 heavy (non-hydrogen) atoms. The number of carboxylic acid groups (broad SMARTS) is 3. The third-order valence-corrected chi connectivity index (χ3v) is 7.16. The highest BCUT2D eigenvalue weighted by Crippen LogP contribution is 2.08. The van der Waals surface area contributed by atoms with Gasteiger partial charge >= 0.3 is 17.9 Å². The Labute approximate surface area is 281 Å². The van der Waals surface area contributed by atoms with Crippen LogP contribution in [0.1, 0.15) is 59.8 Å². The second-order valence-electron chi connectivity index (χ2n) is 11.3. The Bertz CT molecular complexity index is 1190. The molecule has 20 heteroatoms. The van der Waals surface area contributed by atoms with E-state index in [1.165, 1.54) is 25.6 Å². The summed E-state index contributed by atoms with van der Waals surface area (Å²) in [6, 6.07) is -7.74. The lowest BCUT2D eigenvalue weighted by molar-refractivity contribution is -0.142. The summed E-state index contributed by atoms with van der Waals surface area (Å²) in [5.41, 5.74) is 5.55. The van der Waals surface area contributed by atoms with Gasteiger partial charge in [-0.3, -0.25) is 43.2 Å². The molecule has 0 aromatic carbocycles. The predicted octanol–water partition coefficient (Wildman–Crippen LogP) is -2.88. The highest BCUT2D eigenvalue weighted by atomic mass is 32.2. The number of thioether (sulfide) groups is 1. The number of aliphatic carboxylic acids is 3. The average Bonchev–Trinajstić information content (AvgIpc) is 2.98. The number of nitrogens with one attached hydrogen (secondary N) is 6. The van der Waals surface area contributed by atoms with Gasteiger partial charge < -0.3 is 53.0 Å². The molecule has 19 nitrogen and oxygen atoms in total. The molecule has 0 aliphatic carbocycles. The Balaban J connectivity index is 5.42. The Morgan fingerprint density at radius 1 is 0.646 bits per heavy atom. The lowest BCUT2D eigenvalue weighted by Crippen LogP contribution is -2.58. The standard InChI is InChI=1S/C28H47N7O12S/c1-13(2)10-19(27(45)34-17(6-7-21(37)38)26(44)32-15(4)28(46)47)35-23(41)14(3)31-20(36)12-30-25(43)18(8-9-48-5)33-24(42)16(29)11-22(39)40/h13-19H,6-12,29H2,1-5H3,(H,30,43)(H,31,36)(H,32,44)(H,33,42)(H,34,45)(H,35,41)(H,37,38)(H,39,40)(H,46,47)/t14-,15-,16-,17-,18-,19-/m0/s1. The first-order valence-electron chi connectivity index (χ1n) is 15.0. The van der Waals surface area contributed by atoms with E-state index < -0.39 is 109 Å². The lowest BCUT2D eigenvalue weighted by Gasteiger charge is -2.25. The quantitative estimate of drug-likeness (QED) is 0.0511. The second-order valence-corrected chi connectivity index (χ2v) is 12.3. The van der Waals surface area contributed by atoms with Crippen LogP contribution in [-0.4, -0.2) is 123 Å². The molecule has 0 aromatic rings. The van der Waals surface area contributed by atoms with Gasteiger partial charge in [0.1, 0.15) is 30.2 Å². The highest BCUT2D eigenvalue weighted by molar-refractivity contribution is 7.98. The molecular weight excluding hydrogens is 658 g/mol. The third kappa shape index (κ3) is 18.0. The van der Waals surface area contributed by atoms with E-state index in [1.54, 1.807) is 20.1 Å². The van der Waals surface area contributed by atoms with E-state index >= 15 is 0 Å². The third-order valence-electron chi connectivity index (χ3n) is 6.52. The van der Waals surface area contributed by atoms with E-state index in [-0.39, 0.29) is 25.2 Å².